The fourth-order valence-electron chi connectivity index (χ4n) is 1.58. The number of carbonyl (C=O) groups is 1. The zero-order valence-corrected chi connectivity index (χ0v) is 9.58. The van der Waals surface area contributed by atoms with Crippen molar-refractivity contribution in [2.75, 3.05) is 0 Å². The van der Waals surface area contributed by atoms with Crippen molar-refractivity contribution in [2.45, 2.75) is 13.0 Å². The molecule has 2 aromatic rings. The van der Waals surface area contributed by atoms with Gasteiger partial charge in [-0.15, -0.1) is 0 Å². The molecule has 90 valence electrons. The van der Waals surface area contributed by atoms with Gasteiger partial charge in [-0.25, -0.2) is 0 Å². The van der Waals surface area contributed by atoms with E-state index in [0.717, 1.165) is 0 Å². The summed E-state index contributed by atoms with van der Waals surface area (Å²) in [5.41, 5.74) is 6.79. The molecule has 0 unspecified atom stereocenters. The summed E-state index contributed by atoms with van der Waals surface area (Å²) in [5.74, 6) is -0.567. The van der Waals surface area contributed by atoms with Crippen molar-refractivity contribution >= 4 is 5.91 Å². The highest BCUT2D eigenvalue weighted by Crippen LogP contribution is 2.16. The average molecular weight is 241 g/mol. The third kappa shape index (κ3) is 2.35. The molecule has 0 aliphatic rings. The number of nitriles is 1. The molecule has 0 atom stereocenters. The molecule has 0 aliphatic carbocycles. The molecule has 1 amide bonds. The minimum Gasteiger partial charge on any atom is -0.364 e. The van der Waals surface area contributed by atoms with E-state index in [1.54, 1.807) is 24.4 Å². The highest BCUT2D eigenvalue weighted by molar-refractivity contribution is 5.92. The van der Waals surface area contributed by atoms with Crippen LogP contribution in [0, 0.1) is 11.3 Å². The Hall–Kier alpha value is -2.68. The monoisotopic (exact) mass is 241 g/mol. The van der Waals surface area contributed by atoms with Gasteiger partial charge in [0.2, 0.25) is 0 Å². The van der Waals surface area contributed by atoms with Crippen molar-refractivity contribution in [1.29, 1.82) is 5.26 Å². The lowest BCUT2D eigenvalue weighted by molar-refractivity contribution is 0.0990. The van der Waals surface area contributed by atoms with E-state index in [1.807, 2.05) is 12.1 Å². The molecule has 6 nitrogen and oxygen atoms in total. The minimum absolute atomic E-state index is 0.267. The second-order valence-electron chi connectivity index (χ2n) is 3.63. The van der Waals surface area contributed by atoms with Gasteiger partial charge in [0.15, 0.2) is 0 Å². The number of nitrogens with zero attached hydrogens (tertiary/aromatic N) is 4. The van der Waals surface area contributed by atoms with Gasteiger partial charge in [0.1, 0.15) is 11.4 Å². The van der Waals surface area contributed by atoms with Gasteiger partial charge >= 0.3 is 0 Å². The van der Waals surface area contributed by atoms with E-state index in [1.165, 1.54) is 4.68 Å². The molecule has 0 aromatic carbocycles. The highest BCUT2D eigenvalue weighted by Gasteiger charge is 2.13. The lowest BCUT2D eigenvalue weighted by Crippen LogP contribution is -2.17. The third-order valence-electron chi connectivity index (χ3n) is 2.40. The normalized spacial score (nSPS) is 9.94. The number of carbonyl (C=O) groups excluding carboxylic acids is 1. The molecular weight excluding hydrogens is 230 g/mol. The van der Waals surface area contributed by atoms with Crippen molar-refractivity contribution in [3.05, 3.63) is 36.2 Å². The number of nitrogens with two attached hydrogens (primary N) is 1. The van der Waals surface area contributed by atoms with Gasteiger partial charge in [-0.2, -0.15) is 10.4 Å². The molecule has 2 N–H and O–H groups in total. The number of hydrogen-bond donors (Lipinski definition) is 1. The molecule has 0 spiro atoms. The number of aryl methyl sites for hydroxylation is 1. The summed E-state index contributed by atoms with van der Waals surface area (Å²) in [6, 6.07) is 9.01. The lowest BCUT2D eigenvalue weighted by atomic mass is 10.2. The van der Waals surface area contributed by atoms with E-state index >= 15 is 0 Å². The number of primary amides is 1. The minimum atomic E-state index is -0.567. The molecule has 2 heterocycles. The fourth-order valence-corrected chi connectivity index (χ4v) is 1.58. The number of aromatic nitrogens is 3. The number of pyridine rings is 1. The predicted molar refractivity (Wildman–Crippen MR) is 64.2 cm³/mol. The molecule has 0 radical (unpaired) electrons. The molecule has 0 fully saturated rings. The molecule has 2 aromatic heterocycles. The van der Waals surface area contributed by atoms with Crippen molar-refractivity contribution < 1.29 is 4.79 Å². The summed E-state index contributed by atoms with van der Waals surface area (Å²) >= 11 is 0. The Morgan fingerprint density at radius 2 is 2.28 bits per heavy atom. The summed E-state index contributed by atoms with van der Waals surface area (Å²) < 4.78 is 1.44. The summed E-state index contributed by atoms with van der Waals surface area (Å²) in [6.07, 6.45) is 1.91. The van der Waals surface area contributed by atoms with Gasteiger partial charge < -0.3 is 5.73 Å². The number of rotatable bonds is 4. The summed E-state index contributed by atoms with van der Waals surface area (Å²) in [6.45, 7) is 0.335. The first-order chi connectivity index (χ1) is 8.72. The maximum Gasteiger partial charge on any atom is 0.266 e. The summed E-state index contributed by atoms with van der Waals surface area (Å²) in [5, 5.41) is 12.8. The third-order valence-corrected chi connectivity index (χ3v) is 2.40. The lowest BCUT2D eigenvalue weighted by Gasteiger charge is -2.00. The summed E-state index contributed by atoms with van der Waals surface area (Å²) in [4.78, 5) is 15.4. The van der Waals surface area contributed by atoms with E-state index in [0.29, 0.717) is 17.9 Å². The van der Waals surface area contributed by atoms with Crippen LogP contribution in [0.3, 0.4) is 0 Å². The van der Waals surface area contributed by atoms with Crippen LogP contribution in [0.5, 0.6) is 0 Å². The molecular formula is C12H11N5O. The van der Waals surface area contributed by atoms with E-state index < -0.39 is 5.91 Å². The first-order valence-electron chi connectivity index (χ1n) is 5.38. The van der Waals surface area contributed by atoms with Crippen LogP contribution in [0.1, 0.15) is 16.9 Å². The smallest absolute Gasteiger partial charge is 0.266 e. The van der Waals surface area contributed by atoms with Gasteiger partial charge in [0, 0.05) is 6.20 Å². The van der Waals surface area contributed by atoms with Crippen molar-refractivity contribution in [1.82, 2.24) is 14.8 Å². The Kier molecular flexibility index (Phi) is 3.34. The maximum atomic E-state index is 11.3. The number of hydrogen-bond acceptors (Lipinski definition) is 4. The van der Waals surface area contributed by atoms with Gasteiger partial charge in [-0.3, -0.25) is 14.5 Å². The van der Waals surface area contributed by atoms with Crippen LogP contribution in [0.4, 0.5) is 0 Å². The molecule has 6 heteroatoms. The van der Waals surface area contributed by atoms with Crippen molar-refractivity contribution in [3.63, 3.8) is 0 Å². The Labute approximate surface area is 104 Å². The van der Waals surface area contributed by atoms with E-state index in [4.69, 9.17) is 11.0 Å². The van der Waals surface area contributed by atoms with E-state index in [-0.39, 0.29) is 12.1 Å². The van der Waals surface area contributed by atoms with Crippen LogP contribution < -0.4 is 5.73 Å². The summed E-state index contributed by atoms with van der Waals surface area (Å²) in [7, 11) is 0. The van der Waals surface area contributed by atoms with E-state index in [2.05, 4.69) is 10.1 Å². The van der Waals surface area contributed by atoms with Gasteiger partial charge in [0.05, 0.1) is 24.7 Å². The molecule has 0 aliphatic heterocycles. The first-order valence-corrected chi connectivity index (χ1v) is 5.38. The van der Waals surface area contributed by atoms with Crippen LogP contribution in [0.15, 0.2) is 30.5 Å². The quantitative estimate of drug-likeness (QED) is 0.861. The highest BCUT2D eigenvalue weighted by atomic mass is 16.1. The molecule has 0 saturated heterocycles. The first kappa shape index (κ1) is 11.8. The Balaban J connectivity index is 2.40. The fraction of sp³-hybridized carbons (Fsp3) is 0.167. The predicted octanol–water partition coefficient (Wildman–Crippen LogP) is 0.958. The average Bonchev–Trinajstić information content (AvgIpc) is 2.81. The standard InChI is InChI=1S/C12H11N5O/c13-5-3-7-17-11(12(14)18)8-10(16-17)9-4-1-2-6-15-9/h1-2,4,6,8H,3,7H2,(H2,14,18). The molecule has 2 rings (SSSR count). The molecule has 0 saturated carbocycles. The van der Waals surface area contributed by atoms with Gasteiger partial charge in [-0.05, 0) is 18.2 Å². The SMILES string of the molecule is N#CCCn1nc(-c2ccccn2)cc1C(N)=O. The Morgan fingerprint density at radius 3 is 2.89 bits per heavy atom. The van der Waals surface area contributed by atoms with Gasteiger partial charge in [-0.1, -0.05) is 6.07 Å². The second kappa shape index (κ2) is 5.10. The Morgan fingerprint density at radius 1 is 1.44 bits per heavy atom. The maximum absolute atomic E-state index is 11.3. The van der Waals surface area contributed by atoms with Crippen LogP contribution in [0.2, 0.25) is 0 Å². The number of amides is 1. The largest absolute Gasteiger partial charge is 0.364 e. The zero-order chi connectivity index (χ0) is 13.0. The van der Waals surface area contributed by atoms with E-state index in [9.17, 15) is 4.79 Å². The van der Waals surface area contributed by atoms with Crippen LogP contribution in [-0.2, 0) is 6.54 Å². The van der Waals surface area contributed by atoms with Crippen molar-refractivity contribution in [2.24, 2.45) is 5.73 Å². The second-order valence-corrected chi connectivity index (χ2v) is 3.63. The van der Waals surface area contributed by atoms with Crippen LogP contribution in [0.25, 0.3) is 11.4 Å². The van der Waals surface area contributed by atoms with Crippen LogP contribution >= 0.6 is 0 Å². The van der Waals surface area contributed by atoms with Crippen LogP contribution in [-0.4, -0.2) is 20.7 Å². The van der Waals surface area contributed by atoms with Gasteiger partial charge in [0.25, 0.3) is 5.91 Å². The topological polar surface area (TPSA) is 97.6 Å². The molecule has 0 bridgehead atoms. The van der Waals surface area contributed by atoms with Crippen molar-refractivity contribution in [3.8, 4) is 17.5 Å². The molecule has 18 heavy (non-hydrogen) atoms. The Bertz CT molecular complexity index is 597. The zero-order valence-electron chi connectivity index (χ0n) is 9.58.